The van der Waals surface area contributed by atoms with Crippen LogP contribution in [0.3, 0.4) is 0 Å². The van der Waals surface area contributed by atoms with E-state index < -0.39 is 0 Å². The third kappa shape index (κ3) is 15.2. The Bertz CT molecular complexity index is 234. The van der Waals surface area contributed by atoms with E-state index in [0.29, 0.717) is 0 Å². The molecule has 0 saturated heterocycles. The van der Waals surface area contributed by atoms with Gasteiger partial charge in [0.1, 0.15) is 5.44 Å². The van der Waals surface area contributed by atoms with Crippen LogP contribution in [0.2, 0.25) is 0 Å². The second-order valence-corrected chi connectivity index (χ2v) is 11.0. The molecule has 0 bridgehead atoms. The molecule has 0 aromatic heterocycles. The molecule has 116 valence electrons. The van der Waals surface area contributed by atoms with E-state index in [1.54, 1.807) is 11.8 Å². The minimum absolute atomic E-state index is 0.198. The highest BCUT2D eigenvalue weighted by molar-refractivity contribution is 8.11. The van der Waals surface area contributed by atoms with Crippen LogP contribution in [0, 0.1) is 5.41 Å². The van der Waals surface area contributed by atoms with Crippen molar-refractivity contribution in [2.45, 2.75) is 69.5 Å². The minimum atomic E-state index is -0.369. The van der Waals surface area contributed by atoms with Gasteiger partial charge in [0.25, 0.3) is 0 Å². The highest BCUT2D eigenvalue weighted by Crippen LogP contribution is 2.32. The number of thioether (sulfide) groups is 2. The summed E-state index contributed by atoms with van der Waals surface area (Å²) in [4.78, 5) is 0. The molecule has 2 atom stereocenters. The van der Waals surface area contributed by atoms with E-state index in [2.05, 4.69) is 33.4 Å². The highest BCUT2D eigenvalue weighted by atomic mass is 32.2. The lowest BCUT2D eigenvalue weighted by molar-refractivity contribution is 0.167. The molecule has 0 heterocycles. The van der Waals surface area contributed by atoms with E-state index >= 15 is 0 Å². The number of thiol groups is 1. The smallest absolute Gasteiger partial charge is 0.101 e. The van der Waals surface area contributed by atoms with Crippen LogP contribution >= 0.6 is 36.2 Å². The summed E-state index contributed by atoms with van der Waals surface area (Å²) in [6.45, 7) is 10.5. The fourth-order valence-electron chi connectivity index (χ4n) is 1.48. The zero-order chi connectivity index (χ0) is 15.1. The predicted octanol–water partition coefficient (Wildman–Crippen LogP) is 4.01. The number of hydrogen-bond donors (Lipinski definition) is 3. The van der Waals surface area contributed by atoms with Gasteiger partial charge in [0.15, 0.2) is 0 Å². The average molecular weight is 327 g/mol. The Balaban J connectivity index is 3.58. The molecule has 0 spiro atoms. The molecule has 0 aromatic rings. The van der Waals surface area contributed by atoms with Crippen LogP contribution < -0.4 is 0 Å². The summed E-state index contributed by atoms with van der Waals surface area (Å²) in [7, 11) is 0. The number of aliphatic hydroxyl groups is 2. The second kappa shape index (κ2) is 9.08. The van der Waals surface area contributed by atoms with E-state index in [1.165, 1.54) is 11.8 Å². The summed E-state index contributed by atoms with van der Waals surface area (Å²) >= 11 is 7.57. The Morgan fingerprint density at radius 1 is 1.05 bits per heavy atom. The fourth-order valence-corrected chi connectivity index (χ4v) is 3.89. The summed E-state index contributed by atoms with van der Waals surface area (Å²) in [5.74, 6) is 1.64. The van der Waals surface area contributed by atoms with Gasteiger partial charge in [-0.2, -0.15) is 24.4 Å². The zero-order valence-corrected chi connectivity index (χ0v) is 15.4. The van der Waals surface area contributed by atoms with Crippen LogP contribution in [0.5, 0.6) is 0 Å². The van der Waals surface area contributed by atoms with Gasteiger partial charge in [0.2, 0.25) is 0 Å². The Kier molecular flexibility index (Phi) is 9.55. The molecule has 0 rings (SSSR count). The zero-order valence-electron chi connectivity index (χ0n) is 12.8. The minimum Gasteiger partial charge on any atom is -0.392 e. The first-order chi connectivity index (χ1) is 8.49. The molecule has 0 aliphatic heterocycles. The molecule has 0 aliphatic carbocycles. The van der Waals surface area contributed by atoms with Gasteiger partial charge in [0.05, 0.1) is 10.2 Å². The Morgan fingerprint density at radius 2 is 1.63 bits per heavy atom. The standard InChI is InChI=1S/C14H30O2S3/c1-13(2,3)8-6-11(15)10-18-9-7-12(16)19-14(4,5)17/h11-12,15-17H,6-10H2,1-5H3. The molecule has 0 saturated carbocycles. The van der Waals surface area contributed by atoms with Crippen LogP contribution in [0.25, 0.3) is 0 Å². The summed E-state index contributed by atoms with van der Waals surface area (Å²) in [5, 5.41) is 19.7. The van der Waals surface area contributed by atoms with Crippen LogP contribution in [0.4, 0.5) is 0 Å². The summed E-state index contributed by atoms with van der Waals surface area (Å²) in [6.07, 6.45) is 2.42. The van der Waals surface area contributed by atoms with Gasteiger partial charge in [-0.15, -0.1) is 11.8 Å². The molecule has 2 unspecified atom stereocenters. The molecule has 0 radical (unpaired) electrons. The van der Waals surface area contributed by atoms with Gasteiger partial charge in [-0.3, -0.25) is 0 Å². The molecule has 0 fully saturated rings. The van der Waals surface area contributed by atoms with Gasteiger partial charge in [0, 0.05) is 5.75 Å². The molecule has 0 amide bonds. The van der Waals surface area contributed by atoms with Crippen molar-refractivity contribution >= 4 is 36.2 Å². The maximum Gasteiger partial charge on any atom is 0.101 e. The van der Waals surface area contributed by atoms with Crippen molar-refractivity contribution in [1.82, 2.24) is 0 Å². The Labute approximate surface area is 132 Å². The van der Waals surface area contributed by atoms with Crippen molar-refractivity contribution < 1.29 is 10.2 Å². The number of rotatable bonds is 9. The maximum absolute atomic E-state index is 9.86. The Hall–Kier alpha value is 0.970. The predicted molar refractivity (Wildman–Crippen MR) is 93.3 cm³/mol. The largest absolute Gasteiger partial charge is 0.392 e. The summed E-state index contributed by atoms with van der Waals surface area (Å²) in [5.41, 5.74) is -0.0805. The molecular formula is C14H30O2S3. The average Bonchev–Trinajstić information content (AvgIpc) is 2.18. The maximum atomic E-state index is 9.86. The topological polar surface area (TPSA) is 40.5 Å². The van der Waals surface area contributed by atoms with Crippen molar-refractivity contribution in [2.24, 2.45) is 5.41 Å². The van der Waals surface area contributed by atoms with E-state index in [0.717, 1.165) is 30.8 Å². The number of hydrogen-bond acceptors (Lipinski definition) is 5. The molecule has 0 aliphatic rings. The van der Waals surface area contributed by atoms with Crippen molar-refractivity contribution in [1.29, 1.82) is 0 Å². The molecule has 2 nitrogen and oxygen atoms in total. The van der Waals surface area contributed by atoms with E-state index in [4.69, 9.17) is 0 Å². The lowest BCUT2D eigenvalue weighted by Gasteiger charge is -2.21. The molecular weight excluding hydrogens is 296 g/mol. The Morgan fingerprint density at radius 3 is 2.11 bits per heavy atom. The van der Waals surface area contributed by atoms with E-state index in [1.807, 2.05) is 13.8 Å². The first kappa shape index (κ1) is 20.0. The summed E-state index contributed by atoms with van der Waals surface area (Å²) in [6, 6.07) is 0. The highest BCUT2D eigenvalue weighted by Gasteiger charge is 2.18. The van der Waals surface area contributed by atoms with Crippen LogP contribution in [-0.2, 0) is 0 Å². The van der Waals surface area contributed by atoms with Gasteiger partial charge in [-0.25, -0.2) is 0 Å². The third-order valence-electron chi connectivity index (χ3n) is 2.47. The monoisotopic (exact) mass is 326 g/mol. The van der Waals surface area contributed by atoms with Crippen molar-refractivity contribution in [3.05, 3.63) is 0 Å². The number of aliphatic hydroxyl groups excluding tert-OH is 2. The quantitative estimate of drug-likeness (QED) is 0.340. The van der Waals surface area contributed by atoms with Crippen LogP contribution in [0.1, 0.15) is 53.9 Å². The third-order valence-corrected chi connectivity index (χ3v) is 5.02. The van der Waals surface area contributed by atoms with Crippen molar-refractivity contribution in [3.8, 4) is 0 Å². The lowest BCUT2D eigenvalue weighted by atomic mass is 9.89. The van der Waals surface area contributed by atoms with E-state index in [9.17, 15) is 10.2 Å². The fraction of sp³-hybridized carbons (Fsp3) is 1.00. The summed E-state index contributed by atoms with van der Waals surface area (Å²) < 4.78 is -0.198. The van der Waals surface area contributed by atoms with Crippen LogP contribution in [0.15, 0.2) is 0 Å². The van der Waals surface area contributed by atoms with Gasteiger partial charge < -0.3 is 10.2 Å². The first-order valence-electron chi connectivity index (χ1n) is 6.84. The second-order valence-electron chi connectivity index (χ2n) is 6.64. The van der Waals surface area contributed by atoms with Gasteiger partial charge in [-0.1, -0.05) is 20.8 Å². The van der Waals surface area contributed by atoms with Gasteiger partial charge >= 0.3 is 0 Å². The van der Waals surface area contributed by atoms with Crippen LogP contribution in [-0.4, -0.2) is 37.3 Å². The molecule has 2 N–H and O–H groups in total. The lowest BCUT2D eigenvalue weighted by Crippen LogP contribution is -2.16. The first-order valence-corrected chi connectivity index (χ1v) is 9.32. The molecule has 5 heteroatoms. The van der Waals surface area contributed by atoms with Crippen molar-refractivity contribution in [2.75, 3.05) is 11.5 Å². The molecule has 19 heavy (non-hydrogen) atoms. The van der Waals surface area contributed by atoms with Crippen molar-refractivity contribution in [3.63, 3.8) is 0 Å². The van der Waals surface area contributed by atoms with Gasteiger partial charge in [-0.05, 0) is 44.3 Å². The van der Waals surface area contributed by atoms with E-state index in [-0.39, 0.29) is 21.0 Å². The SMILES string of the molecule is CC(C)(C)CCC(O)CSCCC(O)SC(C)(C)S. The molecule has 0 aromatic carbocycles. The normalized spacial score (nSPS) is 16.4.